The van der Waals surface area contributed by atoms with Crippen LogP contribution < -0.4 is 5.32 Å². The van der Waals surface area contributed by atoms with Crippen molar-refractivity contribution in [2.24, 2.45) is 0 Å². The minimum Gasteiger partial charge on any atom is -0.335 e. The van der Waals surface area contributed by atoms with Gasteiger partial charge in [0.1, 0.15) is 11.6 Å². The van der Waals surface area contributed by atoms with Crippen molar-refractivity contribution in [2.75, 3.05) is 11.6 Å². The smallest absolute Gasteiger partial charge is 0.157 e. The molecule has 0 heterocycles. The van der Waals surface area contributed by atoms with Crippen LogP contribution in [0.2, 0.25) is 0 Å². The van der Waals surface area contributed by atoms with Gasteiger partial charge in [-0.25, -0.2) is 8.78 Å². The van der Waals surface area contributed by atoms with Crippen molar-refractivity contribution < 1.29 is 8.78 Å². The van der Waals surface area contributed by atoms with Crippen LogP contribution in [0.15, 0.2) is 42.5 Å². The number of rotatable bonds is 2. The number of para-hydroxylation sites is 1. The average molecular weight is 278 g/mol. The first-order valence-electron chi connectivity index (χ1n) is 5.56. The third-order valence-electron chi connectivity index (χ3n) is 2.60. The summed E-state index contributed by atoms with van der Waals surface area (Å²) in [6.45, 7) is 0. The monoisotopic (exact) mass is 278 g/mol. The molecular weight excluding hydrogens is 266 g/mol. The van der Waals surface area contributed by atoms with Crippen molar-refractivity contribution in [2.45, 2.75) is 0 Å². The van der Waals surface area contributed by atoms with E-state index in [2.05, 4.69) is 5.32 Å². The second-order valence-electron chi connectivity index (χ2n) is 3.83. The lowest BCUT2D eigenvalue weighted by Crippen LogP contribution is -2.06. The predicted octanol–water partition coefficient (Wildman–Crippen LogP) is 4.34. The molecule has 0 aliphatic rings. The molecule has 2 aromatic rings. The van der Waals surface area contributed by atoms with Gasteiger partial charge in [0.15, 0.2) is 5.17 Å². The van der Waals surface area contributed by atoms with Crippen molar-refractivity contribution in [3.8, 4) is 11.1 Å². The molecule has 2 rings (SSSR count). The summed E-state index contributed by atoms with van der Waals surface area (Å²) in [5, 5.41) is 10.8. The molecule has 98 valence electrons. The van der Waals surface area contributed by atoms with Gasteiger partial charge in [-0.1, -0.05) is 30.0 Å². The lowest BCUT2D eigenvalue weighted by molar-refractivity contribution is 0.585. The molecule has 0 aliphatic carbocycles. The molecule has 0 aromatic heterocycles. The van der Waals surface area contributed by atoms with Gasteiger partial charge in [-0.15, -0.1) is 0 Å². The first kappa shape index (κ1) is 13.5. The Bertz CT molecular complexity index is 614. The van der Waals surface area contributed by atoms with Gasteiger partial charge < -0.3 is 5.32 Å². The Morgan fingerprint density at radius 3 is 2.53 bits per heavy atom. The van der Waals surface area contributed by atoms with Crippen molar-refractivity contribution in [1.82, 2.24) is 0 Å². The maximum Gasteiger partial charge on any atom is 0.157 e. The largest absolute Gasteiger partial charge is 0.335 e. The van der Waals surface area contributed by atoms with E-state index >= 15 is 0 Å². The lowest BCUT2D eigenvalue weighted by Gasteiger charge is -2.12. The molecule has 0 bridgehead atoms. The summed E-state index contributed by atoms with van der Waals surface area (Å²) in [5.74, 6) is -1.23. The maximum absolute atomic E-state index is 13.8. The molecule has 2 nitrogen and oxygen atoms in total. The Morgan fingerprint density at radius 1 is 1.11 bits per heavy atom. The van der Waals surface area contributed by atoms with Gasteiger partial charge in [0.05, 0.1) is 0 Å². The zero-order valence-corrected chi connectivity index (χ0v) is 11.0. The topological polar surface area (TPSA) is 35.9 Å². The van der Waals surface area contributed by atoms with Gasteiger partial charge in [0.2, 0.25) is 0 Å². The molecule has 19 heavy (non-hydrogen) atoms. The zero-order chi connectivity index (χ0) is 13.8. The molecule has 0 saturated carbocycles. The highest BCUT2D eigenvalue weighted by Crippen LogP contribution is 2.30. The van der Waals surface area contributed by atoms with E-state index < -0.39 is 11.6 Å². The number of thioether (sulfide) groups is 1. The first-order valence-corrected chi connectivity index (χ1v) is 6.78. The van der Waals surface area contributed by atoms with E-state index in [1.54, 1.807) is 30.5 Å². The fourth-order valence-corrected chi connectivity index (χ4v) is 1.92. The van der Waals surface area contributed by atoms with Crippen LogP contribution in [0.3, 0.4) is 0 Å². The summed E-state index contributed by atoms with van der Waals surface area (Å²) < 4.78 is 26.7. The molecule has 0 unspecified atom stereocenters. The SMILES string of the molecule is CSC(=N)Nc1ccccc1-c1ccc(F)cc1F. The molecule has 0 saturated heterocycles. The van der Waals surface area contributed by atoms with Gasteiger partial charge in [0, 0.05) is 22.9 Å². The van der Waals surface area contributed by atoms with Crippen LogP contribution >= 0.6 is 11.8 Å². The van der Waals surface area contributed by atoms with Crippen LogP contribution in [0.5, 0.6) is 0 Å². The maximum atomic E-state index is 13.8. The number of benzene rings is 2. The predicted molar refractivity (Wildman–Crippen MR) is 76.7 cm³/mol. The van der Waals surface area contributed by atoms with Crippen LogP contribution in [-0.2, 0) is 0 Å². The normalized spacial score (nSPS) is 10.3. The van der Waals surface area contributed by atoms with Crippen LogP contribution in [0.1, 0.15) is 0 Å². The molecule has 0 aliphatic heterocycles. The molecule has 0 radical (unpaired) electrons. The number of halogens is 2. The summed E-state index contributed by atoms with van der Waals surface area (Å²) in [6.07, 6.45) is 1.77. The van der Waals surface area contributed by atoms with Gasteiger partial charge >= 0.3 is 0 Å². The van der Waals surface area contributed by atoms with Crippen LogP contribution in [0.4, 0.5) is 14.5 Å². The number of nitrogens with one attached hydrogen (secondary N) is 2. The molecule has 0 spiro atoms. The van der Waals surface area contributed by atoms with E-state index in [4.69, 9.17) is 5.41 Å². The van der Waals surface area contributed by atoms with Gasteiger partial charge in [-0.2, -0.15) is 0 Å². The Hall–Kier alpha value is -1.88. The van der Waals surface area contributed by atoms with Crippen LogP contribution in [-0.4, -0.2) is 11.4 Å². The zero-order valence-electron chi connectivity index (χ0n) is 10.2. The average Bonchev–Trinajstić information content (AvgIpc) is 2.40. The molecular formula is C14H12F2N2S. The van der Waals surface area contributed by atoms with E-state index in [1.807, 2.05) is 0 Å². The molecule has 0 fully saturated rings. The van der Waals surface area contributed by atoms with Crippen LogP contribution in [0.25, 0.3) is 11.1 Å². The Kier molecular flexibility index (Phi) is 4.16. The highest BCUT2D eigenvalue weighted by molar-refractivity contribution is 8.13. The fraction of sp³-hybridized carbons (Fsp3) is 0.0714. The lowest BCUT2D eigenvalue weighted by atomic mass is 10.0. The summed E-state index contributed by atoms with van der Waals surface area (Å²) in [5.41, 5.74) is 1.52. The van der Waals surface area contributed by atoms with Crippen molar-refractivity contribution >= 4 is 22.6 Å². The highest BCUT2D eigenvalue weighted by atomic mass is 32.2. The summed E-state index contributed by atoms with van der Waals surface area (Å²) >= 11 is 1.25. The highest BCUT2D eigenvalue weighted by Gasteiger charge is 2.11. The standard InChI is InChI=1S/C14H12F2N2S/c1-19-14(17)18-13-5-3-2-4-11(13)10-7-6-9(15)8-12(10)16/h2-8H,1H3,(H2,17,18). The molecule has 0 amide bonds. The van der Waals surface area contributed by atoms with Crippen molar-refractivity contribution in [3.63, 3.8) is 0 Å². The molecule has 5 heteroatoms. The first-order chi connectivity index (χ1) is 9.11. The van der Waals surface area contributed by atoms with Crippen LogP contribution in [0, 0.1) is 17.0 Å². The molecule has 2 N–H and O–H groups in total. The van der Waals surface area contributed by atoms with E-state index in [-0.39, 0.29) is 5.17 Å². The third-order valence-corrected chi connectivity index (χ3v) is 3.11. The summed E-state index contributed by atoms with van der Waals surface area (Å²) in [7, 11) is 0. The summed E-state index contributed by atoms with van der Waals surface area (Å²) in [4.78, 5) is 0. The number of hydrogen-bond acceptors (Lipinski definition) is 2. The minimum atomic E-state index is -0.620. The van der Waals surface area contributed by atoms with Crippen molar-refractivity contribution in [1.29, 1.82) is 5.41 Å². The van der Waals surface area contributed by atoms with E-state index in [1.165, 1.54) is 23.9 Å². The van der Waals surface area contributed by atoms with Crippen molar-refractivity contribution in [3.05, 3.63) is 54.1 Å². The summed E-state index contributed by atoms with van der Waals surface area (Å²) in [6, 6.07) is 10.5. The molecule has 0 atom stereocenters. The van der Waals surface area contributed by atoms with E-state index in [0.717, 1.165) is 6.07 Å². The quantitative estimate of drug-likeness (QED) is 0.633. The minimum absolute atomic E-state index is 0.259. The van der Waals surface area contributed by atoms with Gasteiger partial charge in [-0.3, -0.25) is 5.41 Å². The Balaban J connectivity index is 2.47. The van der Waals surface area contributed by atoms with E-state index in [0.29, 0.717) is 16.8 Å². The second-order valence-corrected chi connectivity index (χ2v) is 4.64. The number of amidine groups is 1. The number of anilines is 1. The third kappa shape index (κ3) is 3.12. The molecule has 2 aromatic carbocycles. The second kappa shape index (κ2) is 5.84. The van der Waals surface area contributed by atoms with E-state index in [9.17, 15) is 8.78 Å². The Labute approximate surface area is 114 Å². The van der Waals surface area contributed by atoms with Gasteiger partial charge in [0.25, 0.3) is 0 Å². The van der Waals surface area contributed by atoms with Gasteiger partial charge in [-0.05, 0) is 24.5 Å². The number of hydrogen-bond donors (Lipinski definition) is 2. The Morgan fingerprint density at radius 2 is 1.84 bits per heavy atom. The fourth-order valence-electron chi connectivity index (χ4n) is 1.71.